The topological polar surface area (TPSA) is 85.0 Å². The Balaban J connectivity index is 2.03. The minimum absolute atomic E-state index is 0.274. The van der Waals surface area contributed by atoms with Gasteiger partial charge in [0.15, 0.2) is 0 Å². The minimum Gasteiger partial charge on any atom is -0.465 e. The number of carbonyl (C=O) groups is 1. The van der Waals surface area contributed by atoms with Crippen LogP contribution in [0.3, 0.4) is 0 Å². The van der Waals surface area contributed by atoms with Crippen LogP contribution >= 0.6 is 11.6 Å². The van der Waals surface area contributed by atoms with Gasteiger partial charge in [-0.1, -0.05) is 0 Å². The monoisotopic (exact) mass is 333 g/mol. The molecule has 0 radical (unpaired) electrons. The summed E-state index contributed by atoms with van der Waals surface area (Å²) in [5.74, 6) is 1.01. The van der Waals surface area contributed by atoms with E-state index < -0.39 is 6.09 Å². The number of nitrogens with one attached hydrogen (secondary N) is 1. The molecule has 23 heavy (non-hydrogen) atoms. The Labute approximate surface area is 137 Å². The van der Waals surface area contributed by atoms with Crippen LogP contribution in [-0.2, 0) is 19.0 Å². The lowest BCUT2D eigenvalue weighted by molar-refractivity contribution is 0.210. The van der Waals surface area contributed by atoms with Gasteiger partial charge in [-0.15, -0.1) is 11.6 Å². The van der Waals surface area contributed by atoms with E-state index in [0.29, 0.717) is 17.7 Å². The standard InChI is InChI=1S/C15H16ClN5O2/c1-2-20-9-17-7-11(20)8-21-13-4-3-10(18-15(22)23)5-12(13)19-14(21)6-16/h3-5,7,9,18H,2,6,8H2,1H3,(H,22,23). The van der Waals surface area contributed by atoms with Crippen LogP contribution in [0.2, 0.25) is 0 Å². The van der Waals surface area contributed by atoms with Gasteiger partial charge in [-0.05, 0) is 25.1 Å². The number of aryl methyl sites for hydroxylation is 1. The fourth-order valence-electron chi connectivity index (χ4n) is 2.59. The van der Waals surface area contributed by atoms with Gasteiger partial charge in [-0.25, -0.2) is 14.8 Å². The number of benzene rings is 1. The molecule has 3 aromatic rings. The minimum atomic E-state index is -1.10. The van der Waals surface area contributed by atoms with Gasteiger partial charge in [0.1, 0.15) is 5.82 Å². The number of halogens is 1. The van der Waals surface area contributed by atoms with Crippen molar-refractivity contribution in [2.45, 2.75) is 25.9 Å². The van der Waals surface area contributed by atoms with Crippen LogP contribution in [0.25, 0.3) is 11.0 Å². The molecule has 0 spiro atoms. The number of amides is 1. The smallest absolute Gasteiger partial charge is 0.409 e. The first-order valence-electron chi connectivity index (χ1n) is 7.16. The van der Waals surface area contributed by atoms with Gasteiger partial charge in [0.25, 0.3) is 0 Å². The van der Waals surface area contributed by atoms with Crippen molar-refractivity contribution in [2.24, 2.45) is 0 Å². The second-order valence-electron chi connectivity index (χ2n) is 5.05. The first kappa shape index (κ1) is 15.4. The summed E-state index contributed by atoms with van der Waals surface area (Å²) in [5, 5.41) is 11.1. The maximum Gasteiger partial charge on any atom is 0.409 e. The number of alkyl halides is 1. The first-order chi connectivity index (χ1) is 11.1. The Morgan fingerprint density at radius 3 is 2.96 bits per heavy atom. The molecule has 2 aromatic heterocycles. The molecule has 7 nitrogen and oxygen atoms in total. The zero-order valence-corrected chi connectivity index (χ0v) is 13.3. The highest BCUT2D eigenvalue weighted by molar-refractivity contribution is 6.16. The number of nitrogens with zero attached hydrogens (tertiary/aromatic N) is 4. The van der Waals surface area contributed by atoms with E-state index >= 15 is 0 Å². The molecule has 0 aliphatic rings. The van der Waals surface area contributed by atoms with E-state index in [4.69, 9.17) is 16.7 Å². The van der Waals surface area contributed by atoms with E-state index in [1.807, 2.05) is 16.8 Å². The van der Waals surface area contributed by atoms with Gasteiger partial charge in [-0.3, -0.25) is 5.32 Å². The van der Waals surface area contributed by atoms with Crippen molar-refractivity contribution < 1.29 is 9.90 Å². The number of hydrogen-bond acceptors (Lipinski definition) is 3. The second kappa shape index (κ2) is 6.29. The molecule has 0 atom stereocenters. The lowest BCUT2D eigenvalue weighted by Gasteiger charge is -2.10. The third-order valence-corrected chi connectivity index (χ3v) is 3.90. The SMILES string of the molecule is CCn1cncc1Cn1c(CCl)nc2cc(NC(=O)O)ccc21. The largest absolute Gasteiger partial charge is 0.465 e. The fraction of sp³-hybridized carbons (Fsp3) is 0.267. The molecule has 1 aromatic carbocycles. The molecule has 8 heteroatoms. The average Bonchev–Trinajstić information content (AvgIpc) is 3.11. The molecule has 0 unspecified atom stereocenters. The number of carboxylic acid groups (broad SMARTS) is 1. The lowest BCUT2D eigenvalue weighted by Crippen LogP contribution is -2.09. The van der Waals surface area contributed by atoms with Crippen molar-refractivity contribution in [3.05, 3.63) is 42.2 Å². The molecule has 0 bridgehead atoms. The molecule has 3 rings (SSSR count). The molecule has 0 fully saturated rings. The summed E-state index contributed by atoms with van der Waals surface area (Å²) in [7, 11) is 0. The first-order valence-corrected chi connectivity index (χ1v) is 7.70. The van der Waals surface area contributed by atoms with Crippen LogP contribution in [0.4, 0.5) is 10.5 Å². The summed E-state index contributed by atoms with van der Waals surface area (Å²) in [6, 6.07) is 5.26. The van der Waals surface area contributed by atoms with Gasteiger partial charge in [-0.2, -0.15) is 0 Å². The van der Waals surface area contributed by atoms with Crippen LogP contribution in [0.5, 0.6) is 0 Å². The summed E-state index contributed by atoms with van der Waals surface area (Å²) >= 11 is 6.03. The third-order valence-electron chi connectivity index (χ3n) is 3.66. The van der Waals surface area contributed by atoms with E-state index in [1.54, 1.807) is 18.5 Å². The van der Waals surface area contributed by atoms with Crippen molar-refractivity contribution in [1.29, 1.82) is 0 Å². The Kier molecular flexibility index (Phi) is 4.20. The van der Waals surface area contributed by atoms with Crippen molar-refractivity contribution in [3.63, 3.8) is 0 Å². The Hall–Kier alpha value is -2.54. The number of imidazole rings is 2. The Bertz CT molecular complexity index is 855. The van der Waals surface area contributed by atoms with Crippen molar-refractivity contribution >= 4 is 34.4 Å². The van der Waals surface area contributed by atoms with Crippen molar-refractivity contribution in [1.82, 2.24) is 19.1 Å². The van der Waals surface area contributed by atoms with Crippen molar-refractivity contribution in [3.8, 4) is 0 Å². The highest BCUT2D eigenvalue weighted by atomic mass is 35.5. The number of hydrogen-bond donors (Lipinski definition) is 2. The van der Waals surface area contributed by atoms with E-state index in [9.17, 15) is 4.79 Å². The molecule has 2 heterocycles. The van der Waals surface area contributed by atoms with E-state index in [0.717, 1.165) is 23.6 Å². The molecular formula is C15H16ClN5O2. The van der Waals surface area contributed by atoms with Crippen molar-refractivity contribution in [2.75, 3.05) is 5.32 Å². The van der Waals surface area contributed by atoms with Gasteiger partial charge < -0.3 is 14.2 Å². The van der Waals surface area contributed by atoms with Gasteiger partial charge in [0.05, 0.1) is 35.5 Å². The molecule has 1 amide bonds. The number of anilines is 1. The summed E-state index contributed by atoms with van der Waals surface area (Å²) in [5.41, 5.74) is 3.15. The van der Waals surface area contributed by atoms with E-state index in [1.165, 1.54) is 0 Å². The van der Waals surface area contributed by atoms with Gasteiger partial charge in [0, 0.05) is 18.4 Å². The lowest BCUT2D eigenvalue weighted by atomic mass is 10.2. The number of aromatic nitrogens is 4. The highest BCUT2D eigenvalue weighted by Crippen LogP contribution is 2.23. The van der Waals surface area contributed by atoms with Crippen LogP contribution < -0.4 is 5.32 Å². The predicted molar refractivity (Wildman–Crippen MR) is 87.9 cm³/mol. The quantitative estimate of drug-likeness (QED) is 0.702. The molecule has 0 saturated heterocycles. The Morgan fingerprint density at radius 1 is 1.43 bits per heavy atom. The Morgan fingerprint density at radius 2 is 2.26 bits per heavy atom. The molecule has 2 N–H and O–H groups in total. The zero-order valence-electron chi connectivity index (χ0n) is 12.5. The second-order valence-corrected chi connectivity index (χ2v) is 5.32. The summed E-state index contributed by atoms with van der Waals surface area (Å²) < 4.78 is 4.08. The average molecular weight is 334 g/mol. The van der Waals surface area contributed by atoms with E-state index in [-0.39, 0.29) is 5.88 Å². The predicted octanol–water partition coefficient (Wildman–Crippen LogP) is 3.13. The molecule has 0 saturated carbocycles. The van der Waals surface area contributed by atoms with E-state index in [2.05, 4.69) is 26.8 Å². The zero-order chi connectivity index (χ0) is 16.4. The molecule has 0 aliphatic heterocycles. The number of rotatable bonds is 5. The number of fused-ring (bicyclic) bond motifs is 1. The highest BCUT2D eigenvalue weighted by Gasteiger charge is 2.13. The molecule has 0 aliphatic carbocycles. The summed E-state index contributed by atoms with van der Waals surface area (Å²) in [4.78, 5) is 19.4. The van der Waals surface area contributed by atoms with Crippen LogP contribution in [0, 0.1) is 0 Å². The summed E-state index contributed by atoms with van der Waals surface area (Å²) in [6.07, 6.45) is 2.52. The van der Waals surface area contributed by atoms with Crippen LogP contribution in [0.15, 0.2) is 30.7 Å². The van der Waals surface area contributed by atoms with Gasteiger partial charge in [0.2, 0.25) is 0 Å². The van der Waals surface area contributed by atoms with Crippen LogP contribution in [0.1, 0.15) is 18.4 Å². The molecular weight excluding hydrogens is 318 g/mol. The maximum atomic E-state index is 10.7. The third kappa shape index (κ3) is 3.00. The fourth-order valence-corrected chi connectivity index (χ4v) is 2.79. The van der Waals surface area contributed by atoms with Gasteiger partial charge >= 0.3 is 6.09 Å². The normalized spacial score (nSPS) is 11.0. The molecule has 120 valence electrons. The van der Waals surface area contributed by atoms with Crippen LogP contribution in [-0.4, -0.2) is 30.3 Å². The maximum absolute atomic E-state index is 10.7. The summed E-state index contributed by atoms with van der Waals surface area (Å²) in [6.45, 7) is 3.51.